The molecule has 1 N–H and O–H groups in total. The van der Waals surface area contributed by atoms with Crippen LogP contribution in [0.4, 0.5) is 5.82 Å². The lowest BCUT2D eigenvalue weighted by atomic mass is 10.2. The van der Waals surface area contributed by atoms with E-state index in [1.54, 1.807) is 0 Å². The first-order chi connectivity index (χ1) is 10.8. The Bertz CT molecular complexity index is 613. The highest BCUT2D eigenvalue weighted by Gasteiger charge is 2.17. The zero-order valence-corrected chi connectivity index (χ0v) is 13.5. The van der Waals surface area contributed by atoms with Crippen molar-refractivity contribution in [2.75, 3.05) is 18.0 Å². The Labute approximate surface area is 132 Å². The smallest absolute Gasteiger partial charge is 0.133 e. The molecule has 0 aliphatic carbocycles. The van der Waals surface area contributed by atoms with Crippen molar-refractivity contribution in [2.45, 2.75) is 46.3 Å². The van der Waals surface area contributed by atoms with Crippen LogP contribution in [0.5, 0.6) is 0 Å². The molecule has 1 aliphatic heterocycles. The van der Waals surface area contributed by atoms with Crippen LogP contribution in [-0.4, -0.2) is 27.9 Å². The van der Waals surface area contributed by atoms with Gasteiger partial charge in [0.2, 0.25) is 0 Å². The van der Waals surface area contributed by atoms with Crippen LogP contribution in [0.25, 0.3) is 0 Å². The van der Waals surface area contributed by atoms with Crippen molar-refractivity contribution in [3.05, 3.63) is 41.3 Å². The predicted molar refractivity (Wildman–Crippen MR) is 88.9 cm³/mol. The van der Waals surface area contributed by atoms with Gasteiger partial charge in [-0.1, -0.05) is 6.07 Å². The van der Waals surface area contributed by atoms with Gasteiger partial charge in [-0.15, -0.1) is 0 Å². The number of hydrogen-bond acceptors (Lipinski definition) is 4. The molecule has 0 spiro atoms. The average molecular weight is 299 g/mol. The molecule has 1 fully saturated rings. The molecule has 2 aromatic rings. The van der Waals surface area contributed by atoms with Gasteiger partial charge in [-0.2, -0.15) is 5.10 Å². The highest BCUT2D eigenvalue weighted by Crippen LogP contribution is 2.23. The molecule has 0 bridgehead atoms. The number of pyridine rings is 1. The van der Waals surface area contributed by atoms with Crippen molar-refractivity contribution in [3.63, 3.8) is 0 Å². The molecule has 1 aliphatic rings. The molecule has 5 nitrogen and oxygen atoms in total. The van der Waals surface area contributed by atoms with Crippen molar-refractivity contribution in [2.24, 2.45) is 0 Å². The zero-order valence-electron chi connectivity index (χ0n) is 13.5. The van der Waals surface area contributed by atoms with E-state index < -0.39 is 0 Å². The van der Waals surface area contributed by atoms with Crippen molar-refractivity contribution in [1.29, 1.82) is 0 Å². The highest BCUT2D eigenvalue weighted by atomic mass is 15.3. The summed E-state index contributed by atoms with van der Waals surface area (Å²) in [7, 11) is 0. The first kappa shape index (κ1) is 15.0. The lowest BCUT2D eigenvalue weighted by Crippen LogP contribution is -2.23. The Balaban J connectivity index is 1.67. The molecule has 0 aromatic carbocycles. The Morgan fingerprint density at radius 1 is 1.14 bits per heavy atom. The number of aromatic nitrogens is 3. The zero-order chi connectivity index (χ0) is 15.4. The lowest BCUT2D eigenvalue weighted by Gasteiger charge is -2.21. The van der Waals surface area contributed by atoms with Crippen LogP contribution >= 0.6 is 0 Å². The average Bonchev–Trinajstić information content (AvgIpc) is 3.19. The minimum absolute atomic E-state index is 0.834. The summed E-state index contributed by atoms with van der Waals surface area (Å²) in [4.78, 5) is 7.19. The summed E-state index contributed by atoms with van der Waals surface area (Å²) >= 11 is 0. The second-order valence-corrected chi connectivity index (χ2v) is 5.87. The standard InChI is InChI=1S/C17H25N5/c1-3-22-16(8-9-19-22)13-18-12-15-7-6-14(2)20-17(15)21-10-4-5-11-21/h6-9,18H,3-5,10-13H2,1-2H3. The second kappa shape index (κ2) is 6.92. The van der Waals surface area contributed by atoms with Crippen LogP contribution < -0.4 is 10.2 Å². The van der Waals surface area contributed by atoms with Crippen molar-refractivity contribution in [3.8, 4) is 0 Å². The summed E-state index contributed by atoms with van der Waals surface area (Å²) < 4.78 is 2.03. The number of anilines is 1. The van der Waals surface area contributed by atoms with E-state index >= 15 is 0 Å². The summed E-state index contributed by atoms with van der Waals surface area (Å²) in [6.45, 7) is 9.03. The summed E-state index contributed by atoms with van der Waals surface area (Å²) in [5.41, 5.74) is 3.61. The Hall–Kier alpha value is -1.88. The number of nitrogens with one attached hydrogen (secondary N) is 1. The van der Waals surface area contributed by atoms with Crippen LogP contribution in [-0.2, 0) is 19.6 Å². The number of hydrogen-bond donors (Lipinski definition) is 1. The Morgan fingerprint density at radius 2 is 1.95 bits per heavy atom. The van der Waals surface area contributed by atoms with Gasteiger partial charge in [0.05, 0.1) is 5.69 Å². The molecule has 3 heterocycles. The summed E-state index contributed by atoms with van der Waals surface area (Å²) in [5.74, 6) is 1.16. The van der Waals surface area contributed by atoms with Crippen LogP contribution in [0.1, 0.15) is 36.7 Å². The van der Waals surface area contributed by atoms with Gasteiger partial charge < -0.3 is 10.2 Å². The predicted octanol–water partition coefficient (Wildman–Crippen LogP) is 2.50. The first-order valence-corrected chi connectivity index (χ1v) is 8.21. The van der Waals surface area contributed by atoms with E-state index in [9.17, 15) is 0 Å². The molecule has 0 unspecified atom stereocenters. The van der Waals surface area contributed by atoms with Crippen LogP contribution in [0.3, 0.4) is 0 Å². The van der Waals surface area contributed by atoms with Gasteiger partial charge in [0.25, 0.3) is 0 Å². The minimum atomic E-state index is 0.834. The van der Waals surface area contributed by atoms with Gasteiger partial charge in [-0.05, 0) is 38.8 Å². The van der Waals surface area contributed by atoms with E-state index in [-0.39, 0.29) is 0 Å². The monoisotopic (exact) mass is 299 g/mol. The summed E-state index contributed by atoms with van der Waals surface area (Å²) in [6, 6.07) is 6.39. The largest absolute Gasteiger partial charge is 0.356 e. The van der Waals surface area contributed by atoms with E-state index in [1.165, 1.54) is 24.1 Å². The quantitative estimate of drug-likeness (QED) is 0.890. The normalized spacial score (nSPS) is 14.7. The van der Waals surface area contributed by atoms with Gasteiger partial charge in [0.15, 0.2) is 0 Å². The number of rotatable bonds is 6. The fourth-order valence-electron chi connectivity index (χ4n) is 3.03. The van der Waals surface area contributed by atoms with Crippen LogP contribution in [0.2, 0.25) is 0 Å². The van der Waals surface area contributed by atoms with Gasteiger partial charge in [0.1, 0.15) is 5.82 Å². The fraction of sp³-hybridized carbons (Fsp3) is 0.529. The van der Waals surface area contributed by atoms with Crippen LogP contribution in [0.15, 0.2) is 24.4 Å². The molecule has 0 saturated carbocycles. The molecule has 1 saturated heterocycles. The van der Waals surface area contributed by atoms with E-state index in [2.05, 4.69) is 47.4 Å². The van der Waals surface area contributed by atoms with Crippen LogP contribution in [0, 0.1) is 6.92 Å². The third kappa shape index (κ3) is 3.30. The SMILES string of the molecule is CCn1nccc1CNCc1ccc(C)nc1N1CCCC1. The van der Waals surface area contributed by atoms with E-state index in [4.69, 9.17) is 4.98 Å². The second-order valence-electron chi connectivity index (χ2n) is 5.87. The topological polar surface area (TPSA) is 46.0 Å². The molecule has 3 rings (SSSR count). The maximum Gasteiger partial charge on any atom is 0.133 e. The van der Waals surface area contributed by atoms with E-state index in [1.807, 2.05) is 10.9 Å². The van der Waals surface area contributed by atoms with Gasteiger partial charge >= 0.3 is 0 Å². The van der Waals surface area contributed by atoms with Crippen molar-refractivity contribution < 1.29 is 0 Å². The molecule has 0 atom stereocenters. The van der Waals surface area contributed by atoms with Gasteiger partial charge in [-0.3, -0.25) is 4.68 Å². The number of nitrogens with zero attached hydrogens (tertiary/aromatic N) is 4. The van der Waals surface area contributed by atoms with Crippen molar-refractivity contribution in [1.82, 2.24) is 20.1 Å². The van der Waals surface area contributed by atoms with Gasteiger partial charge in [-0.25, -0.2) is 4.98 Å². The Kier molecular flexibility index (Phi) is 4.73. The molecule has 0 amide bonds. The summed E-state index contributed by atoms with van der Waals surface area (Å²) in [5, 5.41) is 7.84. The third-order valence-corrected chi connectivity index (χ3v) is 4.23. The Morgan fingerprint density at radius 3 is 2.73 bits per heavy atom. The van der Waals surface area contributed by atoms with Gasteiger partial charge in [0, 0.05) is 50.2 Å². The number of aryl methyl sites for hydroxylation is 2. The third-order valence-electron chi connectivity index (χ3n) is 4.23. The molecular weight excluding hydrogens is 274 g/mol. The highest BCUT2D eigenvalue weighted by molar-refractivity contribution is 5.48. The minimum Gasteiger partial charge on any atom is -0.356 e. The molecule has 118 valence electrons. The molecular formula is C17H25N5. The van der Waals surface area contributed by atoms with E-state index in [0.29, 0.717) is 0 Å². The first-order valence-electron chi connectivity index (χ1n) is 8.21. The molecule has 0 radical (unpaired) electrons. The fourth-order valence-corrected chi connectivity index (χ4v) is 3.03. The molecule has 5 heteroatoms. The maximum absolute atomic E-state index is 4.77. The maximum atomic E-state index is 4.77. The lowest BCUT2D eigenvalue weighted by molar-refractivity contribution is 0.581. The summed E-state index contributed by atoms with van der Waals surface area (Å²) in [6.07, 6.45) is 4.42. The van der Waals surface area contributed by atoms with E-state index in [0.717, 1.165) is 44.2 Å². The van der Waals surface area contributed by atoms with Crippen molar-refractivity contribution >= 4 is 5.82 Å². The molecule has 22 heavy (non-hydrogen) atoms. The molecule has 2 aromatic heterocycles.